The second-order valence-electron chi connectivity index (χ2n) is 6.02. The number of nitrogens with one attached hydrogen (secondary N) is 2. The zero-order valence-corrected chi connectivity index (χ0v) is 14.8. The Labute approximate surface area is 151 Å². The van der Waals surface area contributed by atoms with Gasteiger partial charge in [-0.25, -0.2) is 0 Å². The lowest BCUT2D eigenvalue weighted by Gasteiger charge is -2.14. The van der Waals surface area contributed by atoms with Crippen molar-refractivity contribution in [2.75, 3.05) is 20.2 Å². The Morgan fingerprint density at radius 2 is 2.15 bits per heavy atom. The Hall–Kier alpha value is -3.03. The van der Waals surface area contributed by atoms with Gasteiger partial charge in [-0.05, 0) is 25.1 Å². The summed E-state index contributed by atoms with van der Waals surface area (Å²) in [5.41, 5.74) is 0.935. The number of likely N-dealkylation sites (tertiary alicyclic amines) is 1. The molecule has 26 heavy (non-hydrogen) atoms. The Kier molecular flexibility index (Phi) is 5.40. The molecule has 1 aromatic carbocycles. The maximum Gasteiger partial charge on any atom is 0.272 e. The summed E-state index contributed by atoms with van der Waals surface area (Å²) in [6.45, 7) is 3.34. The van der Waals surface area contributed by atoms with E-state index in [1.54, 1.807) is 24.1 Å². The number of carbonyl (C=O) groups is 2. The fourth-order valence-electron chi connectivity index (χ4n) is 2.88. The second-order valence-corrected chi connectivity index (χ2v) is 6.02. The molecule has 8 heteroatoms. The number of ether oxygens (including phenoxy) is 2. The monoisotopic (exact) mass is 358 g/mol. The highest BCUT2D eigenvalue weighted by Gasteiger charge is 2.30. The molecule has 2 heterocycles. The minimum absolute atomic E-state index is 0.0609. The number of nitrogens with zero attached hydrogens (tertiary/aromatic N) is 2. The van der Waals surface area contributed by atoms with E-state index in [1.807, 2.05) is 25.1 Å². The maximum atomic E-state index is 12.3. The molecule has 1 aliphatic rings. The number of carbonyl (C=O) groups excluding carboxylic acids is 2. The van der Waals surface area contributed by atoms with Crippen molar-refractivity contribution in [2.45, 2.75) is 26.0 Å². The van der Waals surface area contributed by atoms with E-state index in [1.165, 1.54) is 0 Å². The van der Waals surface area contributed by atoms with Gasteiger partial charge >= 0.3 is 0 Å². The van der Waals surface area contributed by atoms with Crippen LogP contribution in [0, 0.1) is 0 Å². The Bertz CT molecular complexity index is 789. The number of amides is 2. The number of para-hydroxylation sites is 2. The maximum absolute atomic E-state index is 12.3. The smallest absolute Gasteiger partial charge is 0.272 e. The first-order chi connectivity index (χ1) is 12.6. The molecule has 0 spiro atoms. The van der Waals surface area contributed by atoms with Crippen LogP contribution in [0.15, 0.2) is 30.3 Å². The third-order valence-corrected chi connectivity index (χ3v) is 4.25. The van der Waals surface area contributed by atoms with Gasteiger partial charge in [0.15, 0.2) is 11.5 Å². The summed E-state index contributed by atoms with van der Waals surface area (Å²) >= 11 is 0. The number of aromatic amines is 1. The highest BCUT2D eigenvalue weighted by atomic mass is 16.5. The van der Waals surface area contributed by atoms with Gasteiger partial charge in [-0.15, -0.1) is 0 Å². The van der Waals surface area contributed by atoms with Crippen molar-refractivity contribution in [3.8, 4) is 11.5 Å². The van der Waals surface area contributed by atoms with Crippen molar-refractivity contribution in [1.82, 2.24) is 20.4 Å². The summed E-state index contributed by atoms with van der Waals surface area (Å²) < 4.78 is 10.9. The third-order valence-electron chi connectivity index (χ3n) is 4.25. The summed E-state index contributed by atoms with van der Waals surface area (Å²) in [6.07, 6.45) is 0.327. The van der Waals surface area contributed by atoms with Crippen molar-refractivity contribution in [1.29, 1.82) is 0 Å². The summed E-state index contributed by atoms with van der Waals surface area (Å²) in [7, 11) is 1.58. The number of methoxy groups -OCH3 is 1. The molecule has 2 aromatic rings. The Morgan fingerprint density at radius 3 is 2.85 bits per heavy atom. The van der Waals surface area contributed by atoms with Crippen molar-refractivity contribution in [3.05, 3.63) is 41.7 Å². The normalized spacial score (nSPS) is 16.6. The fraction of sp³-hybridized carbons (Fsp3) is 0.389. The van der Waals surface area contributed by atoms with Gasteiger partial charge in [-0.2, -0.15) is 5.10 Å². The van der Waals surface area contributed by atoms with Gasteiger partial charge in [-0.1, -0.05) is 12.1 Å². The van der Waals surface area contributed by atoms with E-state index in [9.17, 15) is 9.59 Å². The minimum atomic E-state index is -0.305. The second kappa shape index (κ2) is 7.90. The number of aromatic nitrogens is 2. The molecule has 0 aliphatic carbocycles. The van der Waals surface area contributed by atoms with E-state index in [-0.39, 0.29) is 30.2 Å². The lowest BCUT2D eigenvalue weighted by molar-refractivity contribution is -0.127. The molecule has 0 unspecified atom stereocenters. The molecule has 1 fully saturated rings. The topological polar surface area (TPSA) is 96.6 Å². The number of benzene rings is 1. The van der Waals surface area contributed by atoms with Gasteiger partial charge in [0, 0.05) is 19.5 Å². The molecule has 1 atom stereocenters. The lowest BCUT2D eigenvalue weighted by atomic mass is 10.2. The van der Waals surface area contributed by atoms with Gasteiger partial charge < -0.3 is 19.7 Å². The number of hydrogen-bond acceptors (Lipinski definition) is 5. The predicted octanol–water partition coefficient (Wildman–Crippen LogP) is 1.35. The van der Waals surface area contributed by atoms with Crippen LogP contribution < -0.4 is 14.8 Å². The van der Waals surface area contributed by atoms with Crippen LogP contribution in [0.2, 0.25) is 0 Å². The first-order valence-corrected chi connectivity index (χ1v) is 8.49. The number of rotatable bonds is 7. The molecule has 1 aliphatic heterocycles. The van der Waals surface area contributed by atoms with Crippen LogP contribution in [-0.4, -0.2) is 53.2 Å². The van der Waals surface area contributed by atoms with Gasteiger partial charge in [0.1, 0.15) is 12.3 Å². The third kappa shape index (κ3) is 3.96. The van der Waals surface area contributed by atoms with Crippen LogP contribution in [0.25, 0.3) is 0 Å². The number of H-pyrrole nitrogens is 1. The van der Waals surface area contributed by atoms with Crippen molar-refractivity contribution in [3.63, 3.8) is 0 Å². The Morgan fingerprint density at radius 1 is 1.38 bits per heavy atom. The van der Waals surface area contributed by atoms with Crippen molar-refractivity contribution in [2.24, 2.45) is 0 Å². The van der Waals surface area contributed by atoms with Gasteiger partial charge in [0.25, 0.3) is 5.91 Å². The molecule has 2 N–H and O–H groups in total. The van der Waals surface area contributed by atoms with Crippen LogP contribution in [0.1, 0.15) is 29.5 Å². The molecular formula is C18H22N4O4. The largest absolute Gasteiger partial charge is 0.493 e. The SMILES string of the molecule is CCN1C[C@H](NC(=O)c2cc(COc3ccccc3OC)[nH]n2)CC1=O. The molecule has 1 saturated heterocycles. The van der Waals surface area contributed by atoms with Crippen molar-refractivity contribution >= 4 is 11.8 Å². The summed E-state index contributed by atoms with van der Waals surface area (Å²) in [6, 6.07) is 8.78. The van der Waals surface area contributed by atoms with Crippen LogP contribution in [-0.2, 0) is 11.4 Å². The molecule has 138 valence electrons. The molecule has 0 bridgehead atoms. The number of likely N-dealkylation sites (N-methyl/N-ethyl adjacent to an activating group) is 1. The molecule has 2 amide bonds. The average Bonchev–Trinajstić information content (AvgIpc) is 3.26. The highest BCUT2D eigenvalue weighted by molar-refractivity contribution is 5.93. The molecule has 1 aromatic heterocycles. The van der Waals surface area contributed by atoms with Gasteiger partial charge in [0.05, 0.1) is 18.8 Å². The van der Waals surface area contributed by atoms with Crippen LogP contribution in [0.3, 0.4) is 0 Å². The van der Waals surface area contributed by atoms with Crippen LogP contribution >= 0.6 is 0 Å². The summed E-state index contributed by atoms with van der Waals surface area (Å²) in [4.78, 5) is 25.8. The van der Waals surface area contributed by atoms with E-state index in [4.69, 9.17) is 9.47 Å². The van der Waals surface area contributed by atoms with E-state index in [2.05, 4.69) is 15.5 Å². The molecule has 0 saturated carbocycles. The highest BCUT2D eigenvalue weighted by Crippen LogP contribution is 2.26. The van der Waals surface area contributed by atoms with Gasteiger partial charge in [0.2, 0.25) is 5.91 Å². The van der Waals surface area contributed by atoms with Crippen LogP contribution in [0.5, 0.6) is 11.5 Å². The average molecular weight is 358 g/mol. The predicted molar refractivity (Wildman–Crippen MR) is 94.0 cm³/mol. The summed E-state index contributed by atoms with van der Waals surface area (Å²) in [5.74, 6) is 1.00. The quantitative estimate of drug-likeness (QED) is 0.779. The molecular weight excluding hydrogens is 336 g/mol. The van der Waals surface area contributed by atoms with Crippen molar-refractivity contribution < 1.29 is 19.1 Å². The van der Waals surface area contributed by atoms with E-state index in [0.29, 0.717) is 36.7 Å². The fourth-order valence-corrected chi connectivity index (χ4v) is 2.88. The zero-order valence-electron chi connectivity index (χ0n) is 14.8. The summed E-state index contributed by atoms with van der Waals surface area (Å²) in [5, 5.41) is 9.67. The lowest BCUT2D eigenvalue weighted by Crippen LogP contribution is -2.37. The Balaban J connectivity index is 1.56. The van der Waals surface area contributed by atoms with E-state index >= 15 is 0 Å². The molecule has 8 nitrogen and oxygen atoms in total. The van der Waals surface area contributed by atoms with E-state index in [0.717, 1.165) is 0 Å². The first-order valence-electron chi connectivity index (χ1n) is 8.49. The van der Waals surface area contributed by atoms with E-state index < -0.39 is 0 Å². The molecule has 3 rings (SSSR count). The van der Waals surface area contributed by atoms with Gasteiger partial charge in [-0.3, -0.25) is 14.7 Å². The molecule has 0 radical (unpaired) electrons. The standard InChI is InChI=1S/C18H22N4O4/c1-3-22-10-12(9-17(22)23)19-18(24)14-8-13(20-21-14)11-26-16-7-5-4-6-15(16)25-2/h4-8,12H,3,9-11H2,1-2H3,(H,19,24)(H,20,21)/t12-/m1/s1. The first kappa shape index (κ1) is 17.8. The zero-order chi connectivity index (χ0) is 18.5. The number of hydrogen-bond donors (Lipinski definition) is 2. The minimum Gasteiger partial charge on any atom is -0.493 e. The van der Waals surface area contributed by atoms with Crippen LogP contribution in [0.4, 0.5) is 0 Å².